The zero-order chi connectivity index (χ0) is 9.52. The van der Waals surface area contributed by atoms with E-state index in [0.29, 0.717) is 5.00 Å². The normalized spacial score (nSPS) is 13.7. The number of alkyl halides is 1. The minimum Gasteiger partial charge on any atom is -0.127 e. The van der Waals surface area contributed by atoms with E-state index in [4.69, 9.17) is 11.6 Å². The summed E-state index contributed by atoms with van der Waals surface area (Å²) >= 11 is 6.26. The highest BCUT2D eigenvalue weighted by molar-refractivity contribution is 6.64. The van der Waals surface area contributed by atoms with Gasteiger partial charge in [0.15, 0.2) is 0 Å². The molecule has 1 rings (SSSR count). The summed E-state index contributed by atoms with van der Waals surface area (Å²) < 4.78 is 0. The molecule has 0 nitrogen and oxygen atoms in total. The van der Waals surface area contributed by atoms with Gasteiger partial charge in [0.2, 0.25) is 0 Å². The first-order chi connectivity index (χ1) is 6.33. The van der Waals surface area contributed by atoms with E-state index in [9.17, 15) is 0 Å². The molecule has 0 aliphatic rings. The Morgan fingerprint density at radius 2 is 2.00 bits per heavy atom. The van der Waals surface area contributed by atoms with Gasteiger partial charge in [0.05, 0.1) is 9.52 Å². The molecule has 0 aliphatic carbocycles. The van der Waals surface area contributed by atoms with E-state index in [-0.39, 0.29) is 9.52 Å². The van der Waals surface area contributed by atoms with Crippen molar-refractivity contribution in [3.05, 3.63) is 30.3 Å². The summed E-state index contributed by atoms with van der Waals surface area (Å²) in [7, 11) is -0.242. The van der Waals surface area contributed by atoms with Crippen LogP contribution in [0.25, 0.3) is 0 Å². The smallest absolute Gasteiger partial charge is 0.0753 e. The van der Waals surface area contributed by atoms with E-state index in [0.717, 1.165) is 0 Å². The first kappa shape index (κ1) is 10.8. The van der Waals surface area contributed by atoms with Crippen LogP contribution in [0.2, 0.25) is 0 Å². The van der Waals surface area contributed by atoms with Gasteiger partial charge in [-0.05, 0) is 6.42 Å². The molecule has 1 atom stereocenters. The Bertz CT molecular complexity index is 223. The van der Waals surface area contributed by atoms with Gasteiger partial charge in [-0.2, -0.15) is 0 Å². The molecule has 72 valence electrons. The highest BCUT2D eigenvalue weighted by Crippen LogP contribution is 2.05. The van der Waals surface area contributed by atoms with Crippen molar-refractivity contribution < 1.29 is 0 Å². The van der Waals surface area contributed by atoms with Crippen LogP contribution in [0.15, 0.2) is 30.3 Å². The molecule has 2 heteroatoms. The molecule has 1 unspecified atom stereocenters. The molecular weight excluding hydrogens is 196 g/mol. The molecule has 0 bridgehead atoms. The van der Waals surface area contributed by atoms with Crippen molar-refractivity contribution in [2.75, 3.05) is 0 Å². The van der Waals surface area contributed by atoms with Gasteiger partial charge in [-0.15, -0.1) is 11.6 Å². The Morgan fingerprint density at radius 1 is 1.31 bits per heavy atom. The molecule has 0 radical (unpaired) electrons. The van der Waals surface area contributed by atoms with E-state index in [1.165, 1.54) is 24.4 Å². The zero-order valence-electron chi connectivity index (χ0n) is 8.17. The standard InChI is InChI=1S/C11H17ClSi/c1-2-3-9-11(12)13-10-7-5-4-6-8-10/h4-8,11H,2-3,9,13H2,1H3. The first-order valence-electron chi connectivity index (χ1n) is 5.01. The Labute approximate surface area is 88.1 Å². The summed E-state index contributed by atoms with van der Waals surface area (Å²) in [4.78, 5) is 0. The Hall–Kier alpha value is -0.273. The van der Waals surface area contributed by atoms with E-state index in [1.54, 1.807) is 0 Å². The van der Waals surface area contributed by atoms with Crippen LogP contribution in [-0.2, 0) is 0 Å². The molecule has 0 saturated heterocycles. The fourth-order valence-electron chi connectivity index (χ4n) is 1.40. The summed E-state index contributed by atoms with van der Waals surface area (Å²) in [6, 6.07) is 10.7. The van der Waals surface area contributed by atoms with Crippen molar-refractivity contribution in [1.82, 2.24) is 0 Å². The molecule has 0 heterocycles. The third-order valence-electron chi connectivity index (χ3n) is 2.17. The first-order valence-corrected chi connectivity index (χ1v) is 6.97. The number of hydrogen-bond acceptors (Lipinski definition) is 0. The molecular formula is C11H17ClSi. The Balaban J connectivity index is 2.32. The van der Waals surface area contributed by atoms with E-state index >= 15 is 0 Å². The van der Waals surface area contributed by atoms with Gasteiger partial charge in [0, 0.05) is 5.00 Å². The van der Waals surface area contributed by atoms with Crippen molar-refractivity contribution >= 4 is 26.3 Å². The predicted octanol–water partition coefficient (Wildman–Crippen LogP) is 2.24. The van der Waals surface area contributed by atoms with Crippen LogP contribution < -0.4 is 5.19 Å². The molecule has 13 heavy (non-hydrogen) atoms. The molecule has 0 fully saturated rings. The average molecular weight is 213 g/mol. The molecule has 0 aromatic heterocycles. The molecule has 0 amide bonds. The van der Waals surface area contributed by atoms with Crippen molar-refractivity contribution in [1.29, 1.82) is 0 Å². The maximum Gasteiger partial charge on any atom is 0.0753 e. The topological polar surface area (TPSA) is 0 Å². The van der Waals surface area contributed by atoms with Crippen LogP contribution in [0.3, 0.4) is 0 Å². The van der Waals surface area contributed by atoms with E-state index < -0.39 is 0 Å². The van der Waals surface area contributed by atoms with Crippen molar-refractivity contribution in [2.45, 2.75) is 31.2 Å². The van der Waals surface area contributed by atoms with Crippen LogP contribution in [0, 0.1) is 0 Å². The monoisotopic (exact) mass is 212 g/mol. The summed E-state index contributed by atoms with van der Waals surface area (Å²) in [5.74, 6) is 0. The van der Waals surface area contributed by atoms with Gasteiger partial charge in [0.1, 0.15) is 0 Å². The lowest BCUT2D eigenvalue weighted by Crippen LogP contribution is -2.23. The summed E-state index contributed by atoms with van der Waals surface area (Å²) in [5, 5.41) is 1.93. The second kappa shape index (κ2) is 6.22. The molecule has 1 aromatic carbocycles. The highest BCUT2D eigenvalue weighted by Gasteiger charge is 2.05. The van der Waals surface area contributed by atoms with Gasteiger partial charge in [0.25, 0.3) is 0 Å². The number of benzene rings is 1. The summed E-state index contributed by atoms with van der Waals surface area (Å²) in [6.45, 7) is 2.22. The lowest BCUT2D eigenvalue weighted by Gasteiger charge is -2.07. The fourth-order valence-corrected chi connectivity index (χ4v) is 3.63. The van der Waals surface area contributed by atoms with Crippen molar-refractivity contribution in [3.63, 3.8) is 0 Å². The molecule has 0 saturated carbocycles. The van der Waals surface area contributed by atoms with Crippen molar-refractivity contribution in [3.8, 4) is 0 Å². The molecule has 0 N–H and O–H groups in total. The largest absolute Gasteiger partial charge is 0.127 e. The van der Waals surface area contributed by atoms with Crippen LogP contribution in [-0.4, -0.2) is 14.5 Å². The van der Waals surface area contributed by atoms with Crippen LogP contribution in [0.5, 0.6) is 0 Å². The van der Waals surface area contributed by atoms with E-state index in [1.807, 2.05) is 0 Å². The number of halogens is 1. The number of unbranched alkanes of at least 4 members (excludes halogenated alkanes) is 1. The average Bonchev–Trinajstić information content (AvgIpc) is 2.16. The summed E-state index contributed by atoms with van der Waals surface area (Å²) in [6.07, 6.45) is 3.72. The second-order valence-corrected chi connectivity index (χ2v) is 6.77. The van der Waals surface area contributed by atoms with E-state index in [2.05, 4.69) is 37.3 Å². The zero-order valence-corrected chi connectivity index (χ0v) is 10.3. The van der Waals surface area contributed by atoms with Crippen LogP contribution in [0.1, 0.15) is 26.2 Å². The molecule has 1 aromatic rings. The van der Waals surface area contributed by atoms with Crippen molar-refractivity contribution in [2.24, 2.45) is 0 Å². The lowest BCUT2D eigenvalue weighted by atomic mass is 10.3. The summed E-state index contributed by atoms with van der Waals surface area (Å²) in [5.41, 5.74) is 0. The van der Waals surface area contributed by atoms with Gasteiger partial charge in [-0.25, -0.2) is 0 Å². The SMILES string of the molecule is CCCCC(Cl)[SiH2]c1ccccc1. The van der Waals surface area contributed by atoms with Crippen LogP contribution in [0.4, 0.5) is 0 Å². The second-order valence-electron chi connectivity index (χ2n) is 3.43. The van der Waals surface area contributed by atoms with Gasteiger partial charge in [-0.1, -0.05) is 55.3 Å². The maximum absolute atomic E-state index is 6.26. The lowest BCUT2D eigenvalue weighted by molar-refractivity contribution is 0.754. The quantitative estimate of drug-likeness (QED) is 0.519. The predicted molar refractivity (Wildman–Crippen MR) is 63.8 cm³/mol. The Morgan fingerprint density at radius 3 is 2.62 bits per heavy atom. The fraction of sp³-hybridized carbons (Fsp3) is 0.455. The number of rotatable bonds is 5. The maximum atomic E-state index is 6.26. The number of hydrogen-bond donors (Lipinski definition) is 0. The minimum absolute atomic E-state index is 0.242. The van der Waals surface area contributed by atoms with Gasteiger partial charge < -0.3 is 0 Å². The van der Waals surface area contributed by atoms with Gasteiger partial charge in [-0.3, -0.25) is 0 Å². The van der Waals surface area contributed by atoms with Gasteiger partial charge >= 0.3 is 0 Å². The highest BCUT2D eigenvalue weighted by atomic mass is 35.5. The third kappa shape index (κ3) is 4.49. The van der Waals surface area contributed by atoms with Crippen LogP contribution >= 0.6 is 11.6 Å². The minimum atomic E-state index is -0.242. The Kier molecular flexibility index (Phi) is 5.17. The molecule has 0 spiro atoms. The third-order valence-corrected chi connectivity index (χ3v) is 4.65. The molecule has 0 aliphatic heterocycles.